The van der Waals surface area contributed by atoms with Gasteiger partial charge in [0.25, 0.3) is 0 Å². The van der Waals surface area contributed by atoms with Gasteiger partial charge in [0.2, 0.25) is 5.91 Å². The molecule has 31 heavy (non-hydrogen) atoms. The van der Waals surface area contributed by atoms with Crippen molar-refractivity contribution in [1.82, 2.24) is 10.3 Å². The number of thiophene rings is 1. The molecule has 2 heterocycles. The zero-order valence-electron chi connectivity index (χ0n) is 17.6. The summed E-state index contributed by atoms with van der Waals surface area (Å²) in [6.45, 7) is 1.79. The minimum Gasteiger partial charge on any atom is -0.346 e. The third kappa shape index (κ3) is 5.52. The van der Waals surface area contributed by atoms with Crippen LogP contribution in [0.25, 0.3) is 10.2 Å². The molecule has 1 N–H and O–H groups in total. The highest BCUT2D eigenvalue weighted by Crippen LogP contribution is 2.33. The number of carbonyl (C=O) groups is 2. The van der Waals surface area contributed by atoms with E-state index in [-0.39, 0.29) is 17.6 Å². The number of rotatable bonds is 8. The Labute approximate surface area is 192 Å². The minimum absolute atomic E-state index is 0.0105. The molecule has 3 aromatic rings. The monoisotopic (exact) mass is 454 g/mol. The van der Waals surface area contributed by atoms with Gasteiger partial charge in [-0.3, -0.25) is 9.59 Å². The third-order valence-corrected chi connectivity index (χ3v) is 7.56. The average molecular weight is 455 g/mol. The summed E-state index contributed by atoms with van der Waals surface area (Å²) in [5.41, 5.74) is 2.31. The smallest absolute Gasteiger partial charge is 0.223 e. The lowest BCUT2D eigenvalue weighted by molar-refractivity contribution is -0.129. The molecule has 1 amide bonds. The summed E-state index contributed by atoms with van der Waals surface area (Å²) in [5.74, 6) is 0.611. The summed E-state index contributed by atoms with van der Waals surface area (Å²) in [6.07, 6.45) is 6.65. The van der Waals surface area contributed by atoms with Crippen LogP contribution in [0.4, 0.5) is 0 Å². The number of pyridine rings is 1. The first-order chi connectivity index (χ1) is 15.0. The SMILES string of the molecule is C[C@H](NC(=O)[C@@H]1CC[C@@H](Cc2ccccc2)C1)C(=O)CCc1cnc2scc(Cl)c2c1. The number of benzene rings is 1. The molecule has 0 aliphatic heterocycles. The predicted molar refractivity (Wildman–Crippen MR) is 127 cm³/mol. The normalized spacial score (nSPS) is 19.4. The minimum atomic E-state index is -0.470. The van der Waals surface area contributed by atoms with Crippen LogP contribution in [0.2, 0.25) is 5.02 Å². The molecule has 4 rings (SSSR count). The molecule has 0 unspecified atom stereocenters. The third-order valence-electron chi connectivity index (χ3n) is 6.22. The Morgan fingerprint density at radius 1 is 1.23 bits per heavy atom. The standard InChI is InChI=1S/C25H27ClN2O2S/c1-16(23(29)10-8-19-13-21-22(26)15-31-25(21)27-14-19)28-24(30)20-9-7-18(12-20)11-17-5-3-2-4-6-17/h2-6,13-16,18,20H,7-12H2,1H3,(H,28,30)/t16-,18-,20+/m0/s1. The summed E-state index contributed by atoms with van der Waals surface area (Å²) >= 11 is 7.70. The lowest BCUT2D eigenvalue weighted by atomic mass is 9.96. The van der Waals surface area contributed by atoms with Crippen molar-refractivity contribution < 1.29 is 9.59 Å². The van der Waals surface area contributed by atoms with Gasteiger partial charge >= 0.3 is 0 Å². The Bertz CT molecular complexity index is 1070. The molecule has 6 heteroatoms. The van der Waals surface area contributed by atoms with Gasteiger partial charge in [0.15, 0.2) is 5.78 Å². The first-order valence-corrected chi connectivity index (χ1v) is 12.1. The quantitative estimate of drug-likeness (QED) is 0.480. The predicted octanol–water partition coefficient (Wildman–Crippen LogP) is 5.62. The van der Waals surface area contributed by atoms with Gasteiger partial charge in [-0.15, -0.1) is 11.3 Å². The van der Waals surface area contributed by atoms with E-state index in [2.05, 4.69) is 34.6 Å². The Morgan fingerprint density at radius 2 is 2.03 bits per heavy atom. The van der Waals surface area contributed by atoms with Crippen LogP contribution in [0.1, 0.15) is 43.7 Å². The van der Waals surface area contributed by atoms with Crippen molar-refractivity contribution in [2.24, 2.45) is 11.8 Å². The second-order valence-corrected chi connectivity index (χ2v) is 9.81. The highest BCUT2D eigenvalue weighted by Gasteiger charge is 2.31. The van der Waals surface area contributed by atoms with Crippen LogP contribution < -0.4 is 5.32 Å². The largest absolute Gasteiger partial charge is 0.346 e. The number of nitrogens with one attached hydrogen (secondary N) is 1. The Morgan fingerprint density at radius 3 is 2.84 bits per heavy atom. The number of aryl methyl sites for hydroxylation is 1. The summed E-state index contributed by atoms with van der Waals surface area (Å²) < 4.78 is 0. The number of amides is 1. The maximum atomic E-state index is 12.7. The fourth-order valence-electron chi connectivity index (χ4n) is 4.41. The molecule has 2 aromatic heterocycles. The number of halogens is 1. The Kier molecular flexibility index (Phi) is 7.03. The molecule has 1 aliphatic rings. The second kappa shape index (κ2) is 9.92. The van der Waals surface area contributed by atoms with Crippen molar-refractivity contribution in [3.63, 3.8) is 0 Å². The fourth-order valence-corrected chi connectivity index (χ4v) is 5.50. The number of aromatic nitrogens is 1. The second-order valence-electron chi connectivity index (χ2n) is 8.54. The van der Waals surface area contributed by atoms with Gasteiger partial charge in [0, 0.05) is 29.3 Å². The lowest BCUT2D eigenvalue weighted by Crippen LogP contribution is -2.41. The van der Waals surface area contributed by atoms with Crippen LogP contribution in [0, 0.1) is 11.8 Å². The maximum Gasteiger partial charge on any atom is 0.223 e. The van der Waals surface area contributed by atoms with Crippen LogP contribution in [0.5, 0.6) is 0 Å². The van der Waals surface area contributed by atoms with Crippen molar-refractivity contribution in [3.05, 3.63) is 64.1 Å². The van der Waals surface area contributed by atoms with E-state index < -0.39 is 6.04 Å². The zero-order valence-corrected chi connectivity index (χ0v) is 19.2. The van der Waals surface area contributed by atoms with Gasteiger partial charge in [-0.05, 0) is 62.1 Å². The topological polar surface area (TPSA) is 59.1 Å². The molecule has 0 saturated heterocycles. The first-order valence-electron chi connectivity index (χ1n) is 10.9. The van der Waals surface area contributed by atoms with Crippen molar-refractivity contribution >= 4 is 44.8 Å². The number of hydrogen-bond donors (Lipinski definition) is 1. The van der Waals surface area contributed by atoms with Crippen molar-refractivity contribution in [1.29, 1.82) is 0 Å². The van der Waals surface area contributed by atoms with E-state index in [9.17, 15) is 9.59 Å². The van der Waals surface area contributed by atoms with Crippen LogP contribution in [-0.4, -0.2) is 22.7 Å². The molecule has 0 spiro atoms. The summed E-state index contributed by atoms with van der Waals surface area (Å²) in [7, 11) is 0. The van der Waals surface area contributed by atoms with Crippen molar-refractivity contribution in [3.8, 4) is 0 Å². The maximum absolute atomic E-state index is 12.7. The molecule has 0 radical (unpaired) electrons. The van der Waals surface area contributed by atoms with Crippen molar-refractivity contribution in [2.75, 3.05) is 0 Å². The summed E-state index contributed by atoms with van der Waals surface area (Å²) in [6, 6.07) is 12.0. The first kappa shape index (κ1) is 22.0. The van der Waals surface area contributed by atoms with E-state index in [0.29, 0.717) is 23.8 Å². The van der Waals surface area contributed by atoms with E-state index >= 15 is 0 Å². The van der Waals surface area contributed by atoms with Crippen LogP contribution in [0.3, 0.4) is 0 Å². The Balaban J connectivity index is 1.24. The van der Waals surface area contributed by atoms with Gasteiger partial charge in [0.05, 0.1) is 11.1 Å². The van der Waals surface area contributed by atoms with E-state index in [0.717, 1.165) is 41.5 Å². The number of Topliss-reactive ketones (excluding diaryl/α,β-unsaturated/α-hetero) is 1. The highest BCUT2D eigenvalue weighted by molar-refractivity contribution is 7.17. The zero-order chi connectivity index (χ0) is 21.8. The van der Waals surface area contributed by atoms with E-state index in [1.54, 1.807) is 13.1 Å². The number of hydrogen-bond acceptors (Lipinski definition) is 4. The van der Waals surface area contributed by atoms with Gasteiger partial charge in [-0.2, -0.15) is 0 Å². The molecule has 4 nitrogen and oxygen atoms in total. The van der Waals surface area contributed by atoms with Crippen LogP contribution >= 0.6 is 22.9 Å². The van der Waals surface area contributed by atoms with Gasteiger partial charge in [-0.1, -0.05) is 41.9 Å². The molecule has 1 fully saturated rings. The molecule has 3 atom stereocenters. The molecule has 162 valence electrons. The summed E-state index contributed by atoms with van der Waals surface area (Å²) in [4.78, 5) is 30.6. The number of ketones is 1. The average Bonchev–Trinajstić information content (AvgIpc) is 3.39. The van der Waals surface area contributed by atoms with Crippen molar-refractivity contribution in [2.45, 2.75) is 51.5 Å². The lowest BCUT2D eigenvalue weighted by Gasteiger charge is -2.17. The molecular formula is C25H27ClN2O2S. The number of carbonyl (C=O) groups excluding carboxylic acids is 2. The highest BCUT2D eigenvalue weighted by atomic mass is 35.5. The number of nitrogens with zero attached hydrogens (tertiary/aromatic N) is 1. The van der Waals surface area contributed by atoms with Crippen LogP contribution in [-0.2, 0) is 22.4 Å². The molecular weight excluding hydrogens is 428 g/mol. The van der Waals surface area contributed by atoms with Crippen LogP contribution in [0.15, 0.2) is 48.0 Å². The fraction of sp³-hybridized carbons (Fsp3) is 0.400. The Hall–Kier alpha value is -2.24. The molecule has 0 bridgehead atoms. The number of fused-ring (bicyclic) bond motifs is 1. The molecule has 1 saturated carbocycles. The van der Waals surface area contributed by atoms with Gasteiger partial charge in [0.1, 0.15) is 4.83 Å². The van der Waals surface area contributed by atoms with Gasteiger partial charge in [-0.25, -0.2) is 4.98 Å². The van der Waals surface area contributed by atoms with E-state index in [4.69, 9.17) is 11.6 Å². The van der Waals surface area contributed by atoms with E-state index in [1.807, 2.05) is 17.5 Å². The van der Waals surface area contributed by atoms with E-state index in [1.165, 1.54) is 16.9 Å². The van der Waals surface area contributed by atoms with Gasteiger partial charge < -0.3 is 5.32 Å². The molecule has 1 aliphatic carbocycles. The summed E-state index contributed by atoms with van der Waals surface area (Å²) in [5, 5.41) is 6.46. The molecule has 1 aromatic carbocycles.